The Morgan fingerprint density at radius 1 is 1.18 bits per heavy atom. The van der Waals surface area contributed by atoms with Crippen molar-refractivity contribution < 1.29 is 14.3 Å². The number of methoxy groups -OCH3 is 1. The Bertz CT molecular complexity index is 1150. The molecule has 33 heavy (non-hydrogen) atoms. The van der Waals surface area contributed by atoms with Crippen molar-refractivity contribution in [1.29, 1.82) is 5.26 Å². The SMILES string of the molecule is COc1c(NCCNC(=O)CC2CCOCC2)cnc2c(-c3ccc(C#N)cc3)cccc12. The highest BCUT2D eigenvalue weighted by Gasteiger charge is 2.17. The normalized spacial score (nSPS) is 13.9. The van der Waals surface area contributed by atoms with E-state index in [-0.39, 0.29) is 5.91 Å². The van der Waals surface area contributed by atoms with Crippen molar-refractivity contribution in [3.8, 4) is 22.9 Å². The number of ether oxygens (including phenoxy) is 2. The van der Waals surface area contributed by atoms with E-state index in [1.165, 1.54) is 0 Å². The van der Waals surface area contributed by atoms with Gasteiger partial charge in [-0.1, -0.05) is 24.3 Å². The van der Waals surface area contributed by atoms with Crippen LogP contribution in [-0.2, 0) is 9.53 Å². The van der Waals surface area contributed by atoms with Crippen molar-refractivity contribution in [3.63, 3.8) is 0 Å². The Morgan fingerprint density at radius 2 is 1.97 bits per heavy atom. The second-order valence-corrected chi connectivity index (χ2v) is 8.13. The number of carbonyl (C=O) groups is 1. The summed E-state index contributed by atoms with van der Waals surface area (Å²) in [6.07, 6.45) is 4.23. The van der Waals surface area contributed by atoms with Crippen LogP contribution < -0.4 is 15.4 Å². The number of aromatic nitrogens is 1. The zero-order valence-corrected chi connectivity index (χ0v) is 18.8. The van der Waals surface area contributed by atoms with E-state index in [2.05, 4.69) is 16.7 Å². The highest BCUT2D eigenvalue weighted by Crippen LogP contribution is 2.36. The van der Waals surface area contributed by atoms with Crippen molar-refractivity contribution >= 4 is 22.5 Å². The minimum atomic E-state index is 0.0827. The third-order valence-corrected chi connectivity index (χ3v) is 5.95. The lowest BCUT2D eigenvalue weighted by Gasteiger charge is -2.21. The van der Waals surface area contributed by atoms with Gasteiger partial charge >= 0.3 is 0 Å². The maximum atomic E-state index is 12.2. The fourth-order valence-corrected chi connectivity index (χ4v) is 4.19. The zero-order valence-electron chi connectivity index (χ0n) is 18.8. The van der Waals surface area contributed by atoms with Crippen molar-refractivity contribution in [2.75, 3.05) is 38.7 Å². The highest BCUT2D eigenvalue weighted by molar-refractivity contribution is 5.99. The Hall–Kier alpha value is -3.63. The van der Waals surface area contributed by atoms with Crippen molar-refractivity contribution in [1.82, 2.24) is 10.3 Å². The molecular weight excluding hydrogens is 416 g/mol. The third kappa shape index (κ3) is 5.41. The average Bonchev–Trinajstić information content (AvgIpc) is 2.86. The number of pyridine rings is 1. The lowest BCUT2D eigenvalue weighted by Crippen LogP contribution is -2.31. The summed E-state index contributed by atoms with van der Waals surface area (Å²) >= 11 is 0. The smallest absolute Gasteiger partial charge is 0.220 e. The topological polar surface area (TPSA) is 96.3 Å². The van der Waals surface area contributed by atoms with Crippen LogP contribution in [0.2, 0.25) is 0 Å². The molecule has 0 unspecified atom stereocenters. The molecular formula is C26H28N4O3. The minimum absolute atomic E-state index is 0.0827. The van der Waals surface area contributed by atoms with E-state index in [9.17, 15) is 4.79 Å². The summed E-state index contributed by atoms with van der Waals surface area (Å²) in [6, 6.07) is 15.6. The van der Waals surface area contributed by atoms with Gasteiger partial charge in [0.15, 0.2) is 5.75 Å². The Labute approximate surface area is 193 Å². The number of nitrogens with one attached hydrogen (secondary N) is 2. The van der Waals surface area contributed by atoms with E-state index in [0.717, 1.165) is 53.8 Å². The number of carbonyl (C=O) groups excluding carboxylic acids is 1. The van der Waals surface area contributed by atoms with Crippen LogP contribution in [0, 0.1) is 17.2 Å². The molecule has 0 bridgehead atoms. The van der Waals surface area contributed by atoms with Gasteiger partial charge in [0.1, 0.15) is 0 Å². The van der Waals surface area contributed by atoms with Crippen LogP contribution in [0.1, 0.15) is 24.8 Å². The summed E-state index contributed by atoms with van der Waals surface area (Å²) in [4.78, 5) is 16.9. The lowest BCUT2D eigenvalue weighted by atomic mass is 9.96. The Kier molecular flexibility index (Phi) is 7.38. The molecule has 1 aromatic heterocycles. The Morgan fingerprint density at radius 3 is 2.70 bits per heavy atom. The molecule has 2 heterocycles. The zero-order chi connectivity index (χ0) is 23.0. The number of rotatable bonds is 8. The van der Waals surface area contributed by atoms with E-state index in [0.29, 0.717) is 36.7 Å². The van der Waals surface area contributed by atoms with Gasteiger partial charge in [-0.25, -0.2) is 0 Å². The molecule has 2 N–H and O–H groups in total. The van der Waals surface area contributed by atoms with Crippen LogP contribution in [0.3, 0.4) is 0 Å². The van der Waals surface area contributed by atoms with Crippen LogP contribution in [-0.4, -0.2) is 44.3 Å². The number of benzene rings is 2. The van der Waals surface area contributed by atoms with Gasteiger partial charge in [-0.2, -0.15) is 5.26 Å². The summed E-state index contributed by atoms with van der Waals surface area (Å²) in [5.41, 5.74) is 4.19. The molecule has 170 valence electrons. The van der Waals surface area contributed by atoms with Crippen LogP contribution in [0.4, 0.5) is 5.69 Å². The predicted octanol–water partition coefficient (Wildman–Crippen LogP) is 4.13. The predicted molar refractivity (Wildman–Crippen MR) is 128 cm³/mol. The van der Waals surface area contributed by atoms with E-state index in [1.807, 2.05) is 30.3 Å². The molecule has 0 radical (unpaired) electrons. The van der Waals surface area contributed by atoms with Crippen molar-refractivity contribution in [2.24, 2.45) is 5.92 Å². The first kappa shape index (κ1) is 22.6. The number of hydrogen-bond acceptors (Lipinski definition) is 6. The van der Waals surface area contributed by atoms with Crippen LogP contribution >= 0.6 is 0 Å². The van der Waals surface area contributed by atoms with E-state index in [4.69, 9.17) is 19.7 Å². The molecule has 4 rings (SSSR count). The Balaban J connectivity index is 1.43. The number of nitriles is 1. The molecule has 1 saturated heterocycles. The second-order valence-electron chi connectivity index (χ2n) is 8.13. The molecule has 1 aliphatic heterocycles. The summed E-state index contributed by atoms with van der Waals surface area (Å²) in [6.45, 7) is 2.59. The van der Waals surface area contributed by atoms with Gasteiger partial charge in [0.05, 0.1) is 36.1 Å². The van der Waals surface area contributed by atoms with Gasteiger partial charge in [-0.05, 0) is 42.5 Å². The van der Waals surface area contributed by atoms with Gasteiger partial charge in [-0.15, -0.1) is 0 Å². The summed E-state index contributed by atoms with van der Waals surface area (Å²) in [5.74, 6) is 1.21. The summed E-state index contributed by atoms with van der Waals surface area (Å²) < 4.78 is 11.1. The minimum Gasteiger partial charge on any atom is -0.494 e. The van der Waals surface area contributed by atoms with Gasteiger partial charge in [0.2, 0.25) is 5.91 Å². The monoisotopic (exact) mass is 444 g/mol. The first-order chi connectivity index (χ1) is 16.2. The van der Waals surface area contributed by atoms with Crippen molar-refractivity contribution in [2.45, 2.75) is 19.3 Å². The molecule has 1 fully saturated rings. The van der Waals surface area contributed by atoms with Gasteiger partial charge < -0.3 is 20.1 Å². The fraction of sp³-hybridized carbons (Fsp3) is 0.346. The lowest BCUT2D eigenvalue weighted by molar-refractivity contribution is -0.122. The highest BCUT2D eigenvalue weighted by atomic mass is 16.5. The molecule has 1 amide bonds. The number of anilines is 1. The number of hydrogen-bond donors (Lipinski definition) is 2. The van der Waals surface area contributed by atoms with Crippen LogP contribution in [0.25, 0.3) is 22.0 Å². The summed E-state index contributed by atoms with van der Waals surface area (Å²) in [5, 5.41) is 16.3. The molecule has 0 spiro atoms. The standard InChI is InChI=1S/C26H28N4O3/c1-32-26-22-4-2-3-21(20-7-5-19(16-27)6-8-20)25(22)30-17-23(26)28-11-12-29-24(31)15-18-9-13-33-14-10-18/h2-8,17-18,28H,9-15H2,1H3,(H,29,31). The fourth-order valence-electron chi connectivity index (χ4n) is 4.19. The van der Waals surface area contributed by atoms with Crippen molar-refractivity contribution in [3.05, 3.63) is 54.2 Å². The molecule has 2 aromatic carbocycles. The maximum Gasteiger partial charge on any atom is 0.220 e. The first-order valence-electron chi connectivity index (χ1n) is 11.2. The largest absolute Gasteiger partial charge is 0.494 e. The van der Waals surface area contributed by atoms with E-state index < -0.39 is 0 Å². The second kappa shape index (κ2) is 10.8. The van der Waals surface area contributed by atoms with Crippen LogP contribution in [0.5, 0.6) is 5.75 Å². The van der Waals surface area contributed by atoms with Gasteiger partial charge in [-0.3, -0.25) is 9.78 Å². The van der Waals surface area contributed by atoms with E-state index in [1.54, 1.807) is 25.4 Å². The molecule has 0 atom stereocenters. The first-order valence-corrected chi connectivity index (χ1v) is 11.2. The van der Waals surface area contributed by atoms with Gasteiger partial charge in [0, 0.05) is 43.7 Å². The molecule has 1 aliphatic rings. The van der Waals surface area contributed by atoms with Crippen LogP contribution in [0.15, 0.2) is 48.7 Å². The quantitative estimate of drug-likeness (QED) is 0.507. The number of amides is 1. The molecule has 0 aliphatic carbocycles. The third-order valence-electron chi connectivity index (χ3n) is 5.95. The molecule has 0 saturated carbocycles. The number of nitrogens with zero attached hydrogens (tertiary/aromatic N) is 2. The molecule has 3 aromatic rings. The molecule has 7 heteroatoms. The van der Waals surface area contributed by atoms with Gasteiger partial charge in [0.25, 0.3) is 0 Å². The number of fused-ring (bicyclic) bond motifs is 1. The number of para-hydroxylation sites is 1. The summed E-state index contributed by atoms with van der Waals surface area (Å²) in [7, 11) is 1.64. The average molecular weight is 445 g/mol. The molecule has 7 nitrogen and oxygen atoms in total. The van der Waals surface area contributed by atoms with E-state index >= 15 is 0 Å². The maximum absolute atomic E-state index is 12.2.